The molecule has 5 nitrogen and oxygen atoms in total. The van der Waals surface area contributed by atoms with Gasteiger partial charge in [0.25, 0.3) is 5.91 Å². The Morgan fingerprint density at radius 3 is 2.36 bits per heavy atom. The first kappa shape index (κ1) is 21.5. The second-order valence-corrected chi connectivity index (χ2v) is 7.49. The van der Waals surface area contributed by atoms with Crippen LogP contribution in [0.15, 0.2) is 47.4 Å². The number of nitrogens with zero attached hydrogens (tertiary/aromatic N) is 1. The van der Waals surface area contributed by atoms with Crippen molar-refractivity contribution < 1.29 is 31.7 Å². The van der Waals surface area contributed by atoms with E-state index in [1.54, 1.807) is 0 Å². The Hall–Kier alpha value is -2.77. The topological polar surface area (TPSA) is 90.2 Å². The fourth-order valence-electron chi connectivity index (χ4n) is 2.21. The highest BCUT2D eigenvalue weighted by Crippen LogP contribution is 2.33. The van der Waals surface area contributed by atoms with Crippen molar-refractivity contribution in [1.29, 1.82) is 5.26 Å². The smallest absolute Gasteiger partial charge is 0.379 e. The van der Waals surface area contributed by atoms with Crippen LogP contribution in [-0.2, 0) is 21.8 Å². The maximum Gasteiger partial charge on any atom is 0.417 e. The zero-order valence-corrected chi connectivity index (χ0v) is 15.2. The molecule has 148 valence electrons. The lowest BCUT2D eigenvalue weighted by Crippen LogP contribution is -2.44. The van der Waals surface area contributed by atoms with Gasteiger partial charge in [-0.1, -0.05) is 0 Å². The molecule has 0 saturated heterocycles. The van der Waals surface area contributed by atoms with Crippen molar-refractivity contribution in [3.63, 3.8) is 0 Å². The molecule has 2 rings (SSSR count). The first-order valence-corrected chi connectivity index (χ1v) is 9.05. The van der Waals surface area contributed by atoms with E-state index in [1.807, 2.05) is 0 Å². The van der Waals surface area contributed by atoms with Crippen LogP contribution in [0.2, 0.25) is 0 Å². The molecule has 0 aromatic heterocycles. The van der Waals surface area contributed by atoms with Crippen LogP contribution in [-0.4, -0.2) is 26.6 Å². The Balaban J connectivity index is 2.18. The van der Waals surface area contributed by atoms with Crippen molar-refractivity contribution >= 4 is 22.4 Å². The van der Waals surface area contributed by atoms with Crippen LogP contribution in [0, 0.1) is 17.1 Å². The largest absolute Gasteiger partial charge is 0.417 e. The summed E-state index contributed by atoms with van der Waals surface area (Å²) < 4.78 is 64.2. The number of rotatable bonds is 5. The number of nitrogens with one attached hydrogen (secondary N) is 1. The number of alkyl halides is 3. The van der Waals surface area contributed by atoms with E-state index in [1.165, 1.54) is 18.2 Å². The summed E-state index contributed by atoms with van der Waals surface area (Å²) in [5, 5.41) is 21.2. The summed E-state index contributed by atoms with van der Waals surface area (Å²) >= 11 is 0. The van der Waals surface area contributed by atoms with Crippen molar-refractivity contribution in [1.82, 2.24) is 0 Å². The third-order valence-electron chi connectivity index (χ3n) is 3.68. The standard InChI is InChI=1S/C18H14F4N2O3S/c1-17(26,10-28(27)14-6-3-12(19)4-7-14)16(25)24-13-5-2-11(9-23)15(8-13)18(20,21)22/h2-8,26H,10H2,1H3,(H,24,25)/t17?,28-/m0/s1. The van der Waals surface area contributed by atoms with Gasteiger partial charge in [0.2, 0.25) is 0 Å². The molecule has 0 fully saturated rings. The number of amides is 1. The van der Waals surface area contributed by atoms with Gasteiger partial charge in [-0.05, 0) is 49.4 Å². The Bertz CT molecular complexity index is 951. The number of nitriles is 1. The molecule has 0 radical (unpaired) electrons. The first-order valence-electron chi connectivity index (χ1n) is 7.73. The second kappa shape index (κ2) is 8.08. The molecule has 0 aliphatic carbocycles. The van der Waals surface area contributed by atoms with Gasteiger partial charge in [-0.2, -0.15) is 18.4 Å². The van der Waals surface area contributed by atoms with Gasteiger partial charge in [0, 0.05) is 10.6 Å². The molecule has 1 unspecified atom stereocenters. The van der Waals surface area contributed by atoms with Gasteiger partial charge in [0.15, 0.2) is 5.60 Å². The SMILES string of the molecule is CC(O)(C[S@](=O)c1ccc(F)cc1)C(=O)Nc1ccc(C#N)c(C(F)(F)F)c1. The molecule has 0 bridgehead atoms. The number of anilines is 1. The van der Waals surface area contributed by atoms with Crippen LogP contribution in [0.5, 0.6) is 0 Å². The van der Waals surface area contributed by atoms with Crippen molar-refractivity contribution in [3.8, 4) is 6.07 Å². The van der Waals surface area contributed by atoms with Crippen molar-refractivity contribution in [3.05, 3.63) is 59.4 Å². The van der Waals surface area contributed by atoms with Gasteiger partial charge in [0.05, 0.1) is 33.7 Å². The van der Waals surface area contributed by atoms with Crippen LogP contribution in [0.25, 0.3) is 0 Å². The van der Waals surface area contributed by atoms with Gasteiger partial charge in [0.1, 0.15) is 5.82 Å². The number of carbonyl (C=O) groups excluding carboxylic acids is 1. The van der Waals surface area contributed by atoms with Gasteiger partial charge in [-0.3, -0.25) is 9.00 Å². The Kier molecular flexibility index (Phi) is 6.21. The summed E-state index contributed by atoms with van der Waals surface area (Å²) in [6.45, 7) is 1.05. The zero-order chi connectivity index (χ0) is 21.1. The second-order valence-electron chi connectivity index (χ2n) is 6.04. The van der Waals surface area contributed by atoms with Crippen LogP contribution >= 0.6 is 0 Å². The van der Waals surface area contributed by atoms with E-state index >= 15 is 0 Å². The monoisotopic (exact) mass is 414 g/mol. The molecule has 0 spiro atoms. The molecule has 0 aliphatic rings. The summed E-state index contributed by atoms with van der Waals surface area (Å²) in [6.07, 6.45) is -4.81. The number of halogens is 4. The number of carbonyl (C=O) groups is 1. The lowest BCUT2D eigenvalue weighted by Gasteiger charge is -2.22. The summed E-state index contributed by atoms with van der Waals surface area (Å²) in [5.74, 6) is -2.19. The van der Waals surface area contributed by atoms with E-state index in [9.17, 15) is 31.7 Å². The molecule has 28 heavy (non-hydrogen) atoms. The molecule has 0 heterocycles. The maximum absolute atomic E-state index is 13.0. The summed E-state index contributed by atoms with van der Waals surface area (Å²) in [5.41, 5.74) is -4.33. The number of benzene rings is 2. The number of aliphatic hydroxyl groups is 1. The first-order chi connectivity index (χ1) is 12.9. The van der Waals surface area contributed by atoms with Crippen molar-refractivity contribution in [2.24, 2.45) is 0 Å². The van der Waals surface area contributed by atoms with Crippen LogP contribution in [0.3, 0.4) is 0 Å². The van der Waals surface area contributed by atoms with Crippen LogP contribution < -0.4 is 5.32 Å². The number of hydrogen-bond donors (Lipinski definition) is 2. The quantitative estimate of drug-likeness (QED) is 0.736. The van der Waals surface area contributed by atoms with Gasteiger partial charge < -0.3 is 10.4 Å². The summed E-state index contributed by atoms with van der Waals surface area (Å²) in [7, 11) is -1.86. The fraction of sp³-hybridized carbons (Fsp3) is 0.222. The molecule has 2 atom stereocenters. The van der Waals surface area contributed by atoms with Crippen molar-refractivity contribution in [2.75, 3.05) is 11.1 Å². The van der Waals surface area contributed by atoms with E-state index < -0.39 is 51.2 Å². The van der Waals surface area contributed by atoms with Gasteiger partial charge in [-0.25, -0.2) is 4.39 Å². The molecule has 2 aromatic carbocycles. The third-order valence-corrected chi connectivity index (χ3v) is 5.30. The molecule has 10 heteroatoms. The average molecular weight is 414 g/mol. The van der Waals surface area contributed by atoms with E-state index in [2.05, 4.69) is 5.32 Å². The Labute approximate surface area is 160 Å². The minimum Gasteiger partial charge on any atom is -0.379 e. The normalized spacial score (nSPS) is 14.6. The Morgan fingerprint density at radius 2 is 1.82 bits per heavy atom. The van der Waals surface area contributed by atoms with E-state index in [-0.39, 0.29) is 10.6 Å². The third kappa shape index (κ3) is 5.15. The average Bonchev–Trinajstić information content (AvgIpc) is 2.61. The lowest BCUT2D eigenvalue weighted by molar-refractivity contribution is -0.137. The highest BCUT2D eigenvalue weighted by molar-refractivity contribution is 7.85. The minimum atomic E-state index is -4.81. The molecular formula is C18H14F4N2O3S. The van der Waals surface area contributed by atoms with Gasteiger partial charge >= 0.3 is 6.18 Å². The van der Waals surface area contributed by atoms with Crippen LogP contribution in [0.4, 0.5) is 23.2 Å². The van der Waals surface area contributed by atoms with Gasteiger partial charge in [-0.15, -0.1) is 0 Å². The summed E-state index contributed by atoms with van der Waals surface area (Å²) in [4.78, 5) is 12.4. The molecule has 0 saturated carbocycles. The Morgan fingerprint density at radius 1 is 1.21 bits per heavy atom. The van der Waals surface area contributed by atoms with E-state index in [0.29, 0.717) is 6.07 Å². The molecule has 1 amide bonds. The summed E-state index contributed by atoms with van der Waals surface area (Å²) in [6, 6.07) is 8.56. The number of hydrogen-bond acceptors (Lipinski definition) is 4. The van der Waals surface area contributed by atoms with Crippen molar-refractivity contribution in [2.45, 2.75) is 23.6 Å². The highest BCUT2D eigenvalue weighted by Gasteiger charge is 2.36. The lowest BCUT2D eigenvalue weighted by atomic mass is 10.1. The molecule has 0 aliphatic heterocycles. The zero-order valence-electron chi connectivity index (χ0n) is 14.4. The molecule has 2 N–H and O–H groups in total. The predicted molar refractivity (Wildman–Crippen MR) is 93.1 cm³/mol. The molecular weight excluding hydrogens is 400 g/mol. The minimum absolute atomic E-state index is 0.173. The van der Waals surface area contributed by atoms with E-state index in [4.69, 9.17) is 5.26 Å². The highest BCUT2D eigenvalue weighted by atomic mass is 32.2. The fourth-order valence-corrected chi connectivity index (χ4v) is 3.46. The van der Waals surface area contributed by atoms with Crippen LogP contribution in [0.1, 0.15) is 18.1 Å². The van der Waals surface area contributed by atoms with E-state index in [0.717, 1.165) is 31.2 Å². The predicted octanol–water partition coefficient (Wildman–Crippen LogP) is 3.21. The maximum atomic E-state index is 13.0. The molecule has 2 aromatic rings.